The van der Waals surface area contributed by atoms with Gasteiger partial charge >= 0.3 is 0 Å². The molecule has 0 saturated heterocycles. The van der Waals surface area contributed by atoms with Crippen molar-refractivity contribution in [3.63, 3.8) is 0 Å². The maximum Gasteiger partial charge on any atom is 0.259 e. The number of carbonyl (C=O) groups excluding carboxylic acids is 2. The number of aryl methyl sites for hydroxylation is 1. The molecular weight excluding hydrogens is 378 g/mol. The molecule has 0 atom stereocenters. The number of primary amides is 1. The minimum absolute atomic E-state index is 0.162. The van der Waals surface area contributed by atoms with Crippen molar-refractivity contribution in [1.29, 1.82) is 0 Å². The average Bonchev–Trinajstić information content (AvgIpc) is 3.21. The smallest absolute Gasteiger partial charge is 0.259 e. The van der Waals surface area contributed by atoms with Gasteiger partial charge in [0.25, 0.3) is 5.91 Å². The summed E-state index contributed by atoms with van der Waals surface area (Å²) in [7, 11) is 1.71. The van der Waals surface area contributed by atoms with Crippen molar-refractivity contribution in [3.8, 4) is 11.1 Å². The lowest BCUT2D eigenvalue weighted by Gasteiger charge is -2.16. The summed E-state index contributed by atoms with van der Waals surface area (Å²) >= 11 is 0. The van der Waals surface area contributed by atoms with Crippen molar-refractivity contribution in [2.75, 3.05) is 11.9 Å². The maximum absolute atomic E-state index is 13.0. The van der Waals surface area contributed by atoms with E-state index in [-0.39, 0.29) is 5.91 Å². The van der Waals surface area contributed by atoms with Crippen LogP contribution >= 0.6 is 0 Å². The van der Waals surface area contributed by atoms with Crippen LogP contribution in [0.4, 0.5) is 5.82 Å². The van der Waals surface area contributed by atoms with E-state index in [1.54, 1.807) is 48.4 Å². The van der Waals surface area contributed by atoms with Gasteiger partial charge in [-0.05, 0) is 47.9 Å². The summed E-state index contributed by atoms with van der Waals surface area (Å²) in [4.78, 5) is 30.3. The Morgan fingerprint density at radius 3 is 2.43 bits per heavy atom. The van der Waals surface area contributed by atoms with Crippen LogP contribution in [0.25, 0.3) is 16.6 Å². The monoisotopic (exact) mass is 399 g/mol. The van der Waals surface area contributed by atoms with Gasteiger partial charge in [0, 0.05) is 36.1 Å². The molecule has 0 aliphatic rings. The first-order valence-electron chi connectivity index (χ1n) is 9.58. The number of nitrogens with two attached hydrogens (primary N) is 1. The Bertz CT molecular complexity index is 1230. The number of amides is 2. The fourth-order valence-corrected chi connectivity index (χ4v) is 3.27. The van der Waals surface area contributed by atoms with Crippen LogP contribution in [-0.2, 0) is 6.42 Å². The lowest BCUT2D eigenvalue weighted by Crippen LogP contribution is -2.27. The number of aromatic nitrogens is 3. The van der Waals surface area contributed by atoms with Crippen molar-refractivity contribution < 1.29 is 9.59 Å². The Morgan fingerprint density at radius 2 is 1.80 bits per heavy atom. The second kappa shape index (κ2) is 7.79. The van der Waals surface area contributed by atoms with Gasteiger partial charge < -0.3 is 5.73 Å². The first-order chi connectivity index (χ1) is 14.5. The van der Waals surface area contributed by atoms with Gasteiger partial charge in [-0.25, -0.2) is 9.50 Å². The summed E-state index contributed by atoms with van der Waals surface area (Å²) in [5, 5.41) is 4.36. The van der Waals surface area contributed by atoms with Crippen molar-refractivity contribution in [1.82, 2.24) is 14.6 Å². The number of hydrogen-bond acceptors (Lipinski definition) is 4. The minimum Gasteiger partial charge on any atom is -0.366 e. The van der Waals surface area contributed by atoms with Gasteiger partial charge in [-0.1, -0.05) is 25.1 Å². The Hall–Kier alpha value is -4.00. The summed E-state index contributed by atoms with van der Waals surface area (Å²) in [6.07, 6.45) is 6.17. The molecule has 0 aliphatic heterocycles. The van der Waals surface area contributed by atoms with Gasteiger partial charge in [-0.3, -0.25) is 14.5 Å². The number of nitrogens with zero attached hydrogens (tertiary/aromatic N) is 4. The first-order valence-corrected chi connectivity index (χ1v) is 9.58. The van der Waals surface area contributed by atoms with E-state index < -0.39 is 5.91 Å². The number of benzene rings is 1. The molecule has 0 unspecified atom stereocenters. The molecular formula is C23H21N5O2. The molecule has 4 aromatic rings. The highest BCUT2D eigenvalue weighted by molar-refractivity contribution is 6.06. The molecule has 2 N–H and O–H groups in total. The number of fused-ring (bicyclic) bond motifs is 1. The van der Waals surface area contributed by atoms with E-state index in [2.05, 4.69) is 17.0 Å². The van der Waals surface area contributed by atoms with E-state index in [1.165, 1.54) is 4.90 Å². The third-order valence-electron chi connectivity index (χ3n) is 5.11. The maximum atomic E-state index is 13.0. The zero-order valence-electron chi connectivity index (χ0n) is 16.7. The highest BCUT2D eigenvalue weighted by Gasteiger charge is 2.17. The van der Waals surface area contributed by atoms with E-state index in [4.69, 9.17) is 5.73 Å². The largest absolute Gasteiger partial charge is 0.366 e. The van der Waals surface area contributed by atoms with E-state index in [0.29, 0.717) is 16.9 Å². The molecule has 0 fully saturated rings. The van der Waals surface area contributed by atoms with Gasteiger partial charge in [-0.15, -0.1) is 0 Å². The van der Waals surface area contributed by atoms with E-state index >= 15 is 0 Å². The second-order valence-corrected chi connectivity index (χ2v) is 6.99. The SMILES string of the molecule is CCc1ccc(N(C)C(=O)c2ccn3ncc(-c4ccc(C(N)=O)cc4)c3c2)nc1. The molecule has 0 spiro atoms. The number of pyridine rings is 2. The van der Waals surface area contributed by atoms with E-state index in [0.717, 1.165) is 28.6 Å². The number of anilines is 1. The van der Waals surface area contributed by atoms with Gasteiger partial charge in [0.2, 0.25) is 5.91 Å². The van der Waals surface area contributed by atoms with Crippen LogP contribution in [0, 0.1) is 0 Å². The van der Waals surface area contributed by atoms with Crippen molar-refractivity contribution in [2.24, 2.45) is 5.73 Å². The average molecular weight is 399 g/mol. The predicted octanol–water partition coefficient (Wildman–Crippen LogP) is 3.33. The third kappa shape index (κ3) is 3.53. The Balaban J connectivity index is 1.67. The third-order valence-corrected chi connectivity index (χ3v) is 5.11. The first kappa shape index (κ1) is 19.3. The van der Waals surface area contributed by atoms with Gasteiger partial charge in [0.15, 0.2) is 0 Å². The zero-order valence-corrected chi connectivity index (χ0v) is 16.7. The molecule has 2 amide bonds. The van der Waals surface area contributed by atoms with Crippen LogP contribution in [0.2, 0.25) is 0 Å². The number of carbonyl (C=O) groups is 2. The molecule has 3 heterocycles. The predicted molar refractivity (Wildman–Crippen MR) is 115 cm³/mol. The highest BCUT2D eigenvalue weighted by Crippen LogP contribution is 2.26. The number of hydrogen-bond donors (Lipinski definition) is 1. The van der Waals surface area contributed by atoms with Crippen molar-refractivity contribution >= 4 is 23.1 Å². The normalized spacial score (nSPS) is 10.9. The van der Waals surface area contributed by atoms with Crippen LogP contribution in [0.3, 0.4) is 0 Å². The molecule has 3 aromatic heterocycles. The van der Waals surface area contributed by atoms with E-state index in [9.17, 15) is 9.59 Å². The summed E-state index contributed by atoms with van der Waals surface area (Å²) < 4.78 is 1.71. The van der Waals surface area contributed by atoms with E-state index in [1.807, 2.05) is 30.3 Å². The fraction of sp³-hybridized carbons (Fsp3) is 0.130. The molecule has 0 aliphatic carbocycles. The molecule has 7 heteroatoms. The summed E-state index contributed by atoms with van der Waals surface area (Å²) in [6.45, 7) is 2.06. The second-order valence-electron chi connectivity index (χ2n) is 6.99. The molecule has 150 valence electrons. The minimum atomic E-state index is -0.474. The molecule has 0 radical (unpaired) electrons. The lowest BCUT2D eigenvalue weighted by molar-refractivity contribution is 0.0987. The molecule has 1 aromatic carbocycles. The van der Waals surface area contributed by atoms with Crippen LogP contribution in [0.5, 0.6) is 0 Å². The Labute approximate surface area is 173 Å². The quantitative estimate of drug-likeness (QED) is 0.557. The Morgan fingerprint density at radius 1 is 1.03 bits per heavy atom. The zero-order chi connectivity index (χ0) is 21.3. The van der Waals surface area contributed by atoms with Crippen molar-refractivity contribution in [2.45, 2.75) is 13.3 Å². The van der Waals surface area contributed by atoms with Crippen LogP contribution in [-0.4, -0.2) is 33.5 Å². The molecule has 0 saturated carbocycles. The highest BCUT2D eigenvalue weighted by atomic mass is 16.2. The van der Waals surface area contributed by atoms with Crippen LogP contribution in [0.1, 0.15) is 33.2 Å². The van der Waals surface area contributed by atoms with Crippen molar-refractivity contribution in [3.05, 3.63) is 83.8 Å². The summed E-state index contributed by atoms with van der Waals surface area (Å²) in [6, 6.07) is 14.3. The number of rotatable bonds is 5. The van der Waals surface area contributed by atoms with Crippen LogP contribution in [0.15, 0.2) is 67.1 Å². The molecule has 30 heavy (non-hydrogen) atoms. The topological polar surface area (TPSA) is 93.6 Å². The van der Waals surface area contributed by atoms with Gasteiger partial charge in [0.05, 0.1) is 11.7 Å². The summed E-state index contributed by atoms with van der Waals surface area (Å²) in [5.41, 5.74) is 9.92. The van der Waals surface area contributed by atoms with Gasteiger partial charge in [-0.2, -0.15) is 5.10 Å². The van der Waals surface area contributed by atoms with Gasteiger partial charge in [0.1, 0.15) is 5.82 Å². The summed E-state index contributed by atoms with van der Waals surface area (Å²) in [5.74, 6) is -0.0452. The molecule has 0 bridgehead atoms. The van der Waals surface area contributed by atoms with Crippen LogP contribution < -0.4 is 10.6 Å². The standard InChI is InChI=1S/C23H21N5O2/c1-3-15-4-9-21(25-13-15)27(2)23(30)18-10-11-28-20(12-18)19(14-26-28)16-5-7-17(8-6-16)22(24)29/h4-14H,3H2,1-2H3,(H2,24,29). The Kier molecular flexibility index (Phi) is 5.02. The molecule has 7 nitrogen and oxygen atoms in total. The fourth-order valence-electron chi connectivity index (χ4n) is 3.27. The lowest BCUT2D eigenvalue weighted by atomic mass is 10.0. The molecule has 4 rings (SSSR count).